The average Bonchev–Trinajstić information content (AvgIpc) is 2.36. The van der Waals surface area contributed by atoms with Gasteiger partial charge in [0.25, 0.3) is 0 Å². The molecule has 2 atom stereocenters. The topological polar surface area (TPSA) is 57.6 Å². The summed E-state index contributed by atoms with van der Waals surface area (Å²) >= 11 is 0. The predicted octanol–water partition coefficient (Wildman–Crippen LogP) is 3.49. The molecule has 4 heteroatoms. The van der Waals surface area contributed by atoms with Crippen molar-refractivity contribution in [3.63, 3.8) is 0 Å². The van der Waals surface area contributed by atoms with Crippen LogP contribution in [0.25, 0.3) is 0 Å². The number of carboxylic acid groups (broad SMARTS) is 1. The van der Waals surface area contributed by atoms with E-state index in [0.29, 0.717) is 13.0 Å². The minimum absolute atomic E-state index is 0.0243. The summed E-state index contributed by atoms with van der Waals surface area (Å²) in [7, 11) is 0. The van der Waals surface area contributed by atoms with Crippen molar-refractivity contribution in [3.8, 4) is 0 Å². The van der Waals surface area contributed by atoms with Gasteiger partial charge in [-0.25, -0.2) is 0 Å². The number of nitrogens with zero attached hydrogens (tertiary/aromatic N) is 1. The molecule has 0 aromatic heterocycles. The second-order valence-electron chi connectivity index (χ2n) is 6.94. The highest BCUT2D eigenvalue weighted by molar-refractivity contribution is 5.87. The van der Waals surface area contributed by atoms with Gasteiger partial charge in [-0.2, -0.15) is 0 Å². The molecule has 2 unspecified atom stereocenters. The number of amides is 1. The van der Waals surface area contributed by atoms with E-state index >= 15 is 0 Å². The zero-order valence-corrected chi connectivity index (χ0v) is 13.6. The molecular formula is C18H25NO3. The fourth-order valence-electron chi connectivity index (χ4n) is 3.47. The van der Waals surface area contributed by atoms with Crippen LogP contribution in [-0.4, -0.2) is 28.4 Å². The molecule has 0 spiro atoms. The van der Waals surface area contributed by atoms with E-state index in [2.05, 4.69) is 0 Å². The molecule has 1 aliphatic rings. The first-order valence-corrected chi connectivity index (χ1v) is 7.91. The largest absolute Gasteiger partial charge is 0.481 e. The summed E-state index contributed by atoms with van der Waals surface area (Å²) in [5.74, 6) is -0.651. The summed E-state index contributed by atoms with van der Waals surface area (Å²) in [6.07, 6.45) is 1.43. The predicted molar refractivity (Wildman–Crippen MR) is 85.3 cm³/mol. The molecule has 4 nitrogen and oxygen atoms in total. The Kier molecular flexibility index (Phi) is 4.89. The van der Waals surface area contributed by atoms with Crippen molar-refractivity contribution in [3.05, 3.63) is 35.9 Å². The third-order valence-electron chi connectivity index (χ3n) is 4.38. The number of rotatable bonds is 6. The van der Waals surface area contributed by atoms with Crippen LogP contribution in [0.1, 0.15) is 51.6 Å². The van der Waals surface area contributed by atoms with Gasteiger partial charge in [-0.05, 0) is 24.3 Å². The molecule has 120 valence electrons. The van der Waals surface area contributed by atoms with Crippen molar-refractivity contribution < 1.29 is 14.7 Å². The van der Waals surface area contributed by atoms with Crippen LogP contribution in [0.15, 0.2) is 30.3 Å². The molecule has 1 saturated heterocycles. The highest BCUT2D eigenvalue weighted by Crippen LogP contribution is 2.40. The van der Waals surface area contributed by atoms with E-state index in [1.807, 2.05) is 49.1 Å². The Bertz CT molecular complexity index is 541. The number of carboxylic acids is 1. The molecular weight excluding hydrogens is 278 g/mol. The number of aliphatic carboxylic acids is 1. The molecule has 2 rings (SSSR count). The molecule has 1 amide bonds. The lowest BCUT2D eigenvalue weighted by molar-refractivity contribution is -0.156. The van der Waals surface area contributed by atoms with Crippen LogP contribution in [0.5, 0.6) is 0 Å². The maximum absolute atomic E-state index is 13.0. The van der Waals surface area contributed by atoms with Crippen LogP contribution < -0.4 is 0 Å². The monoisotopic (exact) mass is 303 g/mol. The van der Waals surface area contributed by atoms with Gasteiger partial charge in [0.05, 0.1) is 17.9 Å². The second kappa shape index (κ2) is 6.51. The summed E-state index contributed by atoms with van der Waals surface area (Å²) in [5, 5.41) is 9.20. The zero-order chi connectivity index (χ0) is 16.3. The molecule has 0 aliphatic carbocycles. The first kappa shape index (κ1) is 16.5. The van der Waals surface area contributed by atoms with Gasteiger partial charge in [-0.1, -0.05) is 51.1 Å². The van der Waals surface area contributed by atoms with Gasteiger partial charge < -0.3 is 10.0 Å². The van der Waals surface area contributed by atoms with E-state index in [0.717, 1.165) is 12.0 Å². The van der Waals surface area contributed by atoms with Crippen molar-refractivity contribution in [1.29, 1.82) is 0 Å². The van der Waals surface area contributed by atoms with E-state index in [4.69, 9.17) is 0 Å². The Morgan fingerprint density at radius 1 is 1.32 bits per heavy atom. The number of likely N-dealkylation sites (tertiary alicyclic amines) is 1. The SMILES string of the molecule is CC(C)CC(C)(CC(=O)O)C(=O)N1CCC1c1ccccc1. The van der Waals surface area contributed by atoms with Crippen LogP contribution in [-0.2, 0) is 9.59 Å². The number of carbonyl (C=O) groups excluding carboxylic acids is 1. The van der Waals surface area contributed by atoms with Gasteiger partial charge in [0.15, 0.2) is 0 Å². The molecule has 22 heavy (non-hydrogen) atoms. The Morgan fingerprint density at radius 2 is 1.95 bits per heavy atom. The summed E-state index contributed by atoms with van der Waals surface area (Å²) in [5.41, 5.74) is 0.303. The number of carbonyl (C=O) groups is 2. The van der Waals surface area contributed by atoms with E-state index in [1.165, 1.54) is 0 Å². The highest BCUT2D eigenvalue weighted by atomic mass is 16.4. The number of benzene rings is 1. The first-order chi connectivity index (χ1) is 10.3. The molecule has 1 aliphatic heterocycles. The summed E-state index contributed by atoms with van der Waals surface area (Å²) in [6, 6.07) is 10.1. The summed E-state index contributed by atoms with van der Waals surface area (Å²) < 4.78 is 0. The molecule has 0 bridgehead atoms. The second-order valence-corrected chi connectivity index (χ2v) is 6.94. The van der Waals surface area contributed by atoms with Gasteiger partial charge >= 0.3 is 5.97 Å². The minimum Gasteiger partial charge on any atom is -0.481 e. The van der Waals surface area contributed by atoms with Crippen LogP contribution in [0.3, 0.4) is 0 Å². The lowest BCUT2D eigenvalue weighted by atomic mass is 9.76. The number of hydrogen-bond acceptors (Lipinski definition) is 2. The van der Waals surface area contributed by atoms with Gasteiger partial charge in [0, 0.05) is 6.54 Å². The maximum Gasteiger partial charge on any atom is 0.304 e. The molecule has 1 fully saturated rings. The lowest BCUT2D eigenvalue weighted by Crippen LogP contribution is -2.52. The molecule has 1 N–H and O–H groups in total. The molecule has 1 aromatic carbocycles. The molecule has 1 aromatic rings. The molecule has 0 radical (unpaired) electrons. The van der Waals surface area contributed by atoms with E-state index < -0.39 is 11.4 Å². The summed E-state index contributed by atoms with van der Waals surface area (Å²) in [4.78, 5) is 26.0. The van der Waals surface area contributed by atoms with Crippen LogP contribution >= 0.6 is 0 Å². The normalized spacial score (nSPS) is 20.4. The van der Waals surface area contributed by atoms with Crippen molar-refractivity contribution >= 4 is 11.9 Å². The van der Waals surface area contributed by atoms with Gasteiger partial charge in [-0.15, -0.1) is 0 Å². The van der Waals surface area contributed by atoms with Crippen molar-refractivity contribution in [2.45, 2.75) is 46.1 Å². The molecule has 1 heterocycles. The Morgan fingerprint density at radius 3 is 2.41 bits per heavy atom. The summed E-state index contributed by atoms with van der Waals surface area (Å²) in [6.45, 7) is 6.56. The Balaban J connectivity index is 2.18. The van der Waals surface area contributed by atoms with Crippen LogP contribution in [0, 0.1) is 11.3 Å². The van der Waals surface area contributed by atoms with Gasteiger partial charge in [0.1, 0.15) is 0 Å². The van der Waals surface area contributed by atoms with Crippen molar-refractivity contribution in [1.82, 2.24) is 4.90 Å². The average molecular weight is 303 g/mol. The fraction of sp³-hybridized carbons (Fsp3) is 0.556. The zero-order valence-electron chi connectivity index (χ0n) is 13.6. The minimum atomic E-state index is -0.909. The van der Waals surface area contributed by atoms with Crippen LogP contribution in [0.2, 0.25) is 0 Å². The quantitative estimate of drug-likeness (QED) is 0.875. The first-order valence-electron chi connectivity index (χ1n) is 7.91. The van der Waals surface area contributed by atoms with Gasteiger partial charge in [-0.3, -0.25) is 9.59 Å². The van der Waals surface area contributed by atoms with Crippen molar-refractivity contribution in [2.24, 2.45) is 11.3 Å². The third kappa shape index (κ3) is 3.49. The number of hydrogen-bond donors (Lipinski definition) is 1. The Hall–Kier alpha value is -1.84. The maximum atomic E-state index is 13.0. The highest BCUT2D eigenvalue weighted by Gasteiger charge is 2.44. The smallest absolute Gasteiger partial charge is 0.304 e. The fourth-order valence-corrected chi connectivity index (χ4v) is 3.47. The third-order valence-corrected chi connectivity index (χ3v) is 4.38. The van der Waals surface area contributed by atoms with Crippen molar-refractivity contribution in [2.75, 3.05) is 6.54 Å². The van der Waals surface area contributed by atoms with Gasteiger partial charge in [0.2, 0.25) is 5.91 Å². The Labute approximate surface area is 132 Å². The standard InChI is InChI=1S/C18H25NO3/c1-13(2)11-18(3,12-16(20)21)17(22)19-10-9-15(19)14-7-5-4-6-8-14/h4-8,13,15H,9-12H2,1-3H3,(H,20,21). The van der Waals surface area contributed by atoms with E-state index in [-0.39, 0.29) is 24.3 Å². The van der Waals surface area contributed by atoms with Crippen LogP contribution in [0.4, 0.5) is 0 Å². The van der Waals surface area contributed by atoms with E-state index in [1.54, 1.807) is 6.92 Å². The van der Waals surface area contributed by atoms with E-state index in [9.17, 15) is 14.7 Å². The lowest BCUT2D eigenvalue weighted by Gasteiger charge is -2.46. The molecule has 0 saturated carbocycles.